The van der Waals surface area contributed by atoms with Crippen molar-refractivity contribution in [3.63, 3.8) is 0 Å². The first-order valence-electron chi connectivity index (χ1n) is 3.68. The van der Waals surface area contributed by atoms with Gasteiger partial charge in [0.2, 0.25) is 5.91 Å². The van der Waals surface area contributed by atoms with E-state index in [1.807, 2.05) is 7.05 Å². The Bertz CT molecular complexity index is 114. The molecule has 4 heteroatoms. The summed E-state index contributed by atoms with van der Waals surface area (Å²) in [6.45, 7) is 0.707. The van der Waals surface area contributed by atoms with Crippen LogP contribution in [0.5, 0.6) is 0 Å². The lowest BCUT2D eigenvalue weighted by Gasteiger charge is -2.03. The number of rotatable bonds is 1. The number of hydrogen-bond donors (Lipinski definition) is 2. The van der Waals surface area contributed by atoms with Crippen molar-refractivity contribution in [3.05, 3.63) is 0 Å². The van der Waals surface area contributed by atoms with E-state index in [0.717, 1.165) is 19.4 Å². The average Bonchev–Trinajstić information content (AvgIpc) is 2.37. The van der Waals surface area contributed by atoms with Crippen LogP contribution in [0.25, 0.3) is 0 Å². The molecule has 2 N–H and O–H groups in total. The molecule has 0 aromatic heterocycles. The quantitative estimate of drug-likeness (QED) is 0.530. The average molecular weight is 161 g/mol. The van der Waals surface area contributed by atoms with Crippen LogP contribution in [0.1, 0.15) is 12.8 Å². The van der Waals surface area contributed by atoms with Crippen molar-refractivity contribution < 1.29 is 15.0 Å². The van der Waals surface area contributed by atoms with Crippen molar-refractivity contribution in [2.24, 2.45) is 0 Å². The van der Waals surface area contributed by atoms with Crippen molar-refractivity contribution in [2.45, 2.75) is 12.8 Å². The minimum absolute atomic E-state index is 0.125. The van der Waals surface area contributed by atoms with Crippen molar-refractivity contribution >= 4 is 5.91 Å². The van der Waals surface area contributed by atoms with Crippen LogP contribution >= 0.6 is 0 Å². The molecule has 1 heterocycles. The maximum absolute atomic E-state index is 10.5. The molecule has 0 saturated carbocycles. The zero-order chi connectivity index (χ0) is 8.69. The van der Waals surface area contributed by atoms with E-state index >= 15 is 0 Å². The van der Waals surface area contributed by atoms with Gasteiger partial charge in [-0.1, -0.05) is 0 Å². The highest BCUT2D eigenvalue weighted by atomic mass is 16.3. The number of aliphatic hydroxyl groups excluding tert-OH is 2. The van der Waals surface area contributed by atoms with E-state index in [-0.39, 0.29) is 13.2 Å². The first-order chi connectivity index (χ1) is 5.22. The molecule has 66 valence electrons. The number of amides is 1. The first kappa shape index (κ1) is 10.4. The summed E-state index contributed by atoms with van der Waals surface area (Å²) in [7, 11) is 1.84. The highest BCUT2D eigenvalue weighted by Crippen LogP contribution is 2.04. The molecule has 0 radical (unpaired) electrons. The van der Waals surface area contributed by atoms with E-state index in [1.165, 1.54) is 0 Å². The van der Waals surface area contributed by atoms with Gasteiger partial charge in [0.15, 0.2) is 0 Å². The highest BCUT2D eigenvalue weighted by molar-refractivity contribution is 5.77. The maximum Gasteiger partial charge on any atom is 0.222 e. The highest BCUT2D eigenvalue weighted by Gasteiger charge is 2.14. The molecule has 0 atom stereocenters. The Hall–Kier alpha value is -0.610. The molecule has 0 bridgehead atoms. The van der Waals surface area contributed by atoms with Crippen LogP contribution < -0.4 is 0 Å². The van der Waals surface area contributed by atoms with Crippen LogP contribution in [0, 0.1) is 0 Å². The van der Waals surface area contributed by atoms with Gasteiger partial charge in [0, 0.05) is 20.0 Å². The van der Waals surface area contributed by atoms with E-state index in [0.29, 0.717) is 5.91 Å². The summed E-state index contributed by atoms with van der Waals surface area (Å²) in [5.74, 6) is 0.292. The molecular weight excluding hydrogens is 146 g/mol. The molecular formula is C7H15NO3. The summed E-state index contributed by atoms with van der Waals surface area (Å²) in [4.78, 5) is 12.3. The van der Waals surface area contributed by atoms with Gasteiger partial charge in [-0.2, -0.15) is 0 Å². The van der Waals surface area contributed by atoms with Crippen LogP contribution in [0.15, 0.2) is 0 Å². The van der Waals surface area contributed by atoms with Crippen molar-refractivity contribution in [2.75, 3.05) is 26.8 Å². The zero-order valence-electron chi connectivity index (χ0n) is 6.79. The topological polar surface area (TPSA) is 60.8 Å². The third-order valence-electron chi connectivity index (χ3n) is 1.41. The molecule has 1 amide bonds. The molecule has 1 aliphatic heterocycles. The lowest BCUT2D eigenvalue weighted by molar-refractivity contribution is -0.126. The number of likely N-dealkylation sites (tertiary alicyclic amines) is 1. The number of nitrogens with zero attached hydrogens (tertiary/aromatic N) is 1. The lowest BCUT2D eigenvalue weighted by atomic mass is 10.4. The second kappa shape index (κ2) is 6.12. The molecule has 0 aromatic carbocycles. The van der Waals surface area contributed by atoms with E-state index < -0.39 is 0 Å². The molecule has 1 rings (SSSR count). The van der Waals surface area contributed by atoms with Gasteiger partial charge in [-0.05, 0) is 6.42 Å². The standard InChI is InChI=1S/C5H9NO.C2H6O2/c1-6-4-2-3-5(6)7;3-1-2-4/h2-4H2,1H3;3-4H,1-2H2. The van der Waals surface area contributed by atoms with Gasteiger partial charge in [0.25, 0.3) is 0 Å². The Balaban J connectivity index is 0.000000218. The number of hydrogen-bond acceptors (Lipinski definition) is 3. The second-order valence-electron chi connectivity index (χ2n) is 2.37. The van der Waals surface area contributed by atoms with Crippen LogP contribution in [-0.2, 0) is 4.79 Å². The smallest absolute Gasteiger partial charge is 0.222 e. The third kappa shape index (κ3) is 4.75. The first-order valence-corrected chi connectivity index (χ1v) is 3.68. The van der Waals surface area contributed by atoms with Crippen LogP contribution in [0.3, 0.4) is 0 Å². The third-order valence-corrected chi connectivity index (χ3v) is 1.41. The second-order valence-corrected chi connectivity index (χ2v) is 2.37. The van der Waals surface area contributed by atoms with E-state index in [2.05, 4.69) is 0 Å². The fourth-order valence-corrected chi connectivity index (χ4v) is 0.783. The van der Waals surface area contributed by atoms with Gasteiger partial charge < -0.3 is 15.1 Å². The molecule has 0 unspecified atom stereocenters. The molecule has 4 nitrogen and oxygen atoms in total. The van der Waals surface area contributed by atoms with Crippen molar-refractivity contribution in [1.82, 2.24) is 4.90 Å². The van der Waals surface area contributed by atoms with Gasteiger partial charge in [-0.25, -0.2) is 0 Å². The van der Waals surface area contributed by atoms with Gasteiger partial charge in [-0.15, -0.1) is 0 Å². The van der Waals surface area contributed by atoms with Gasteiger partial charge in [0.1, 0.15) is 0 Å². The predicted octanol–water partition coefficient (Wildman–Crippen LogP) is -0.790. The van der Waals surface area contributed by atoms with E-state index in [1.54, 1.807) is 4.90 Å². The van der Waals surface area contributed by atoms with Crippen LogP contribution in [0.2, 0.25) is 0 Å². The molecule has 0 aromatic rings. The molecule has 0 aliphatic carbocycles. The van der Waals surface area contributed by atoms with E-state index in [9.17, 15) is 4.79 Å². The summed E-state index contributed by atoms with van der Waals surface area (Å²) in [6.07, 6.45) is 1.81. The van der Waals surface area contributed by atoms with Gasteiger partial charge in [0.05, 0.1) is 13.2 Å². The molecule has 1 aliphatic rings. The summed E-state index contributed by atoms with van der Waals surface area (Å²) < 4.78 is 0. The Morgan fingerprint density at radius 2 is 2.00 bits per heavy atom. The minimum atomic E-state index is -0.125. The SMILES string of the molecule is CN1CCCC1=O.OCCO. The summed E-state index contributed by atoms with van der Waals surface area (Å²) >= 11 is 0. The fraction of sp³-hybridized carbons (Fsp3) is 0.857. The van der Waals surface area contributed by atoms with E-state index in [4.69, 9.17) is 10.2 Å². The maximum atomic E-state index is 10.5. The summed E-state index contributed by atoms with van der Waals surface area (Å²) in [5, 5.41) is 15.2. The molecule has 11 heavy (non-hydrogen) atoms. The van der Waals surface area contributed by atoms with Gasteiger partial charge in [-0.3, -0.25) is 4.79 Å². The zero-order valence-corrected chi connectivity index (χ0v) is 6.79. The van der Waals surface area contributed by atoms with Crippen molar-refractivity contribution in [3.8, 4) is 0 Å². The Kier molecular flexibility index (Phi) is 5.78. The molecule has 0 spiro atoms. The summed E-state index contributed by atoms with van der Waals surface area (Å²) in [5.41, 5.74) is 0. The number of carbonyl (C=O) groups excluding carboxylic acids is 1. The minimum Gasteiger partial charge on any atom is -0.394 e. The monoisotopic (exact) mass is 161 g/mol. The van der Waals surface area contributed by atoms with Crippen LogP contribution in [0.4, 0.5) is 0 Å². The number of aliphatic hydroxyl groups is 2. The number of carbonyl (C=O) groups is 1. The Morgan fingerprint density at radius 3 is 2.09 bits per heavy atom. The van der Waals surface area contributed by atoms with Crippen molar-refractivity contribution in [1.29, 1.82) is 0 Å². The molecule has 1 saturated heterocycles. The normalized spacial score (nSPS) is 16.3. The largest absolute Gasteiger partial charge is 0.394 e. The predicted molar refractivity (Wildman–Crippen MR) is 41.0 cm³/mol. The van der Waals surface area contributed by atoms with Crippen LogP contribution in [-0.4, -0.2) is 47.8 Å². The summed E-state index contributed by atoms with van der Waals surface area (Å²) in [6, 6.07) is 0. The lowest BCUT2D eigenvalue weighted by Crippen LogP contribution is -2.17. The van der Waals surface area contributed by atoms with Gasteiger partial charge >= 0.3 is 0 Å². The Labute approximate surface area is 66.4 Å². The molecule has 1 fully saturated rings. The fourth-order valence-electron chi connectivity index (χ4n) is 0.783. The Morgan fingerprint density at radius 1 is 1.45 bits per heavy atom.